The molecule has 0 bridgehead atoms. The Kier molecular flexibility index (Phi) is 6.03. The van der Waals surface area contributed by atoms with Gasteiger partial charge in [-0.3, -0.25) is 0 Å². The van der Waals surface area contributed by atoms with E-state index in [1.165, 1.54) is 15.8 Å². The van der Waals surface area contributed by atoms with E-state index in [1.54, 1.807) is 0 Å². The van der Waals surface area contributed by atoms with Crippen molar-refractivity contribution in [2.75, 3.05) is 0 Å². The van der Waals surface area contributed by atoms with Gasteiger partial charge >= 0.3 is 111 Å². The summed E-state index contributed by atoms with van der Waals surface area (Å²) in [6.45, 7) is 14.6. The van der Waals surface area contributed by atoms with Gasteiger partial charge in [-0.05, 0) is 0 Å². The Bertz CT molecular complexity index is 175. The Morgan fingerprint density at radius 1 is 0.929 bits per heavy atom. The van der Waals surface area contributed by atoms with E-state index in [1.807, 2.05) is 0 Å². The molecule has 0 aromatic heterocycles. The Morgan fingerprint density at radius 2 is 1.21 bits per heavy atom. The van der Waals surface area contributed by atoms with Crippen LogP contribution in [0.4, 0.5) is 0 Å². The van der Waals surface area contributed by atoms with Crippen LogP contribution >= 0.6 is 31.9 Å². The number of alkyl halides is 2. The predicted octanol–water partition coefficient (Wildman–Crippen LogP) is 5.40. The van der Waals surface area contributed by atoms with Crippen molar-refractivity contribution < 1.29 is 0 Å². The monoisotopic (exact) mass is 404 g/mol. The van der Waals surface area contributed by atoms with Crippen LogP contribution in [0.3, 0.4) is 0 Å². The van der Waals surface area contributed by atoms with Gasteiger partial charge < -0.3 is 0 Å². The molecule has 0 aliphatic rings. The van der Waals surface area contributed by atoms with Crippen molar-refractivity contribution in [3.63, 3.8) is 0 Å². The molecule has 0 atom stereocenters. The predicted molar refractivity (Wildman–Crippen MR) is 81.1 cm³/mol. The van der Waals surface area contributed by atoms with E-state index >= 15 is 0 Å². The van der Waals surface area contributed by atoms with E-state index in [0.717, 1.165) is 0 Å². The first-order valence-electron chi connectivity index (χ1n) is 5.56. The molecule has 0 unspecified atom stereocenters. The zero-order chi connectivity index (χ0) is 11.6. The second kappa shape index (κ2) is 5.37. The molecule has 0 fully saturated rings. The first-order valence-corrected chi connectivity index (χ1v) is 16.1. The molecule has 0 nitrogen and oxygen atoms in total. The molecule has 0 aromatic carbocycles. The normalized spacial score (nSPS) is 14.6. The minimum absolute atomic E-state index is 0.352. The Morgan fingerprint density at radius 3 is 1.29 bits per heavy atom. The summed E-state index contributed by atoms with van der Waals surface area (Å²) >= 11 is 6.40. The number of hydrogen-bond donors (Lipinski definition) is 0. The molecule has 0 rings (SSSR count). The van der Waals surface area contributed by atoms with Gasteiger partial charge in [-0.25, -0.2) is 0 Å². The SMILES string of the molecule is C[CH2][Ge]([CH2]C)([CH2]C)[C](Br)(Br)[Si](C)(C)C. The molecule has 14 heavy (non-hydrogen) atoms. The van der Waals surface area contributed by atoms with E-state index in [4.69, 9.17) is 0 Å². The molecule has 0 aliphatic carbocycles. The van der Waals surface area contributed by atoms with Gasteiger partial charge in [0.05, 0.1) is 0 Å². The third-order valence-electron chi connectivity index (χ3n) is 3.64. The fourth-order valence-corrected chi connectivity index (χ4v) is 31.3. The van der Waals surface area contributed by atoms with E-state index in [-0.39, 0.29) is 0 Å². The average Bonchev–Trinajstić information content (AvgIpc) is 2.06. The summed E-state index contributed by atoms with van der Waals surface area (Å²) in [7, 11) is -1.17. The topological polar surface area (TPSA) is 0 Å². The molecule has 4 heteroatoms. The molecular weight excluding hydrogens is 381 g/mol. The second-order valence-electron chi connectivity index (χ2n) is 5.17. The Balaban J connectivity index is 5.19. The van der Waals surface area contributed by atoms with Gasteiger partial charge in [0.2, 0.25) is 0 Å². The second-order valence-corrected chi connectivity index (χ2v) is 30.8. The van der Waals surface area contributed by atoms with Gasteiger partial charge in [-0.15, -0.1) is 0 Å². The number of hydrogen-bond acceptors (Lipinski definition) is 0. The van der Waals surface area contributed by atoms with Crippen LogP contribution in [0.2, 0.25) is 35.4 Å². The standard InChI is InChI=1S/C10H24Br2GeSi/c1-7-13(8-2,9-3)10(11,12)14(4,5)6/h7-9H2,1-6H3. The van der Waals surface area contributed by atoms with Crippen molar-refractivity contribution in [1.82, 2.24) is 0 Å². The summed E-state index contributed by atoms with van der Waals surface area (Å²) in [5.74, 6) is 0. The summed E-state index contributed by atoms with van der Waals surface area (Å²) in [6, 6.07) is 0. The van der Waals surface area contributed by atoms with Gasteiger partial charge in [0.25, 0.3) is 0 Å². The van der Waals surface area contributed by atoms with Crippen LogP contribution in [-0.4, -0.2) is 23.0 Å². The molecular formula is C10H24Br2GeSi. The van der Waals surface area contributed by atoms with Crippen molar-refractivity contribution in [2.45, 2.75) is 57.9 Å². The molecule has 0 spiro atoms. The molecule has 0 saturated heterocycles. The fraction of sp³-hybridized carbons (Fsp3) is 1.00. The van der Waals surface area contributed by atoms with E-state index in [0.29, 0.717) is 1.69 Å². The summed E-state index contributed by atoms with van der Waals surface area (Å²) in [5, 5.41) is 4.27. The van der Waals surface area contributed by atoms with Crippen LogP contribution in [0.25, 0.3) is 0 Å². The molecule has 0 N–H and O–H groups in total. The van der Waals surface area contributed by atoms with Crippen LogP contribution in [0.1, 0.15) is 20.8 Å². The minimum atomic E-state index is -1.74. The van der Waals surface area contributed by atoms with Gasteiger partial charge in [0.1, 0.15) is 0 Å². The van der Waals surface area contributed by atoms with Gasteiger partial charge in [0, 0.05) is 0 Å². The zero-order valence-corrected chi connectivity index (χ0v) is 16.6. The van der Waals surface area contributed by atoms with Crippen molar-refractivity contribution in [3.05, 3.63) is 0 Å². The third kappa shape index (κ3) is 2.69. The first-order chi connectivity index (χ1) is 6.18. The average molecular weight is 405 g/mol. The molecule has 0 aromatic rings. The van der Waals surface area contributed by atoms with Gasteiger partial charge in [-0.1, -0.05) is 0 Å². The van der Waals surface area contributed by atoms with Gasteiger partial charge in [0.15, 0.2) is 0 Å². The van der Waals surface area contributed by atoms with Crippen LogP contribution in [0.5, 0.6) is 0 Å². The maximum absolute atomic E-state index is 4.07. The van der Waals surface area contributed by atoms with Crippen molar-refractivity contribution >= 4 is 53.2 Å². The Labute approximate surface area is 110 Å². The molecule has 0 radical (unpaired) electrons. The van der Waals surface area contributed by atoms with E-state index in [2.05, 4.69) is 72.3 Å². The zero-order valence-electron chi connectivity index (χ0n) is 10.4. The molecule has 0 amide bonds. The van der Waals surface area contributed by atoms with Crippen molar-refractivity contribution in [1.29, 1.82) is 0 Å². The van der Waals surface area contributed by atoms with Crippen LogP contribution in [0, 0.1) is 0 Å². The summed E-state index contributed by atoms with van der Waals surface area (Å²) in [5.41, 5.74) is 0. The van der Waals surface area contributed by atoms with E-state index < -0.39 is 21.3 Å². The van der Waals surface area contributed by atoms with Crippen LogP contribution in [-0.2, 0) is 0 Å². The fourth-order valence-electron chi connectivity index (χ4n) is 2.21. The summed E-state index contributed by atoms with van der Waals surface area (Å²) < 4.78 is 0.352. The number of rotatable bonds is 5. The first kappa shape index (κ1) is 15.7. The van der Waals surface area contributed by atoms with Crippen LogP contribution in [0.15, 0.2) is 0 Å². The van der Waals surface area contributed by atoms with Crippen LogP contribution < -0.4 is 0 Å². The molecule has 86 valence electrons. The molecule has 0 aliphatic heterocycles. The maximum atomic E-state index is 4.07. The van der Waals surface area contributed by atoms with E-state index in [9.17, 15) is 0 Å². The van der Waals surface area contributed by atoms with Crippen molar-refractivity contribution in [2.24, 2.45) is 0 Å². The Hall–Kier alpha value is 1.72. The van der Waals surface area contributed by atoms with Crippen molar-refractivity contribution in [3.8, 4) is 0 Å². The third-order valence-corrected chi connectivity index (χ3v) is 40.2. The molecule has 0 heterocycles. The summed E-state index contributed by atoms with van der Waals surface area (Å²) in [6.07, 6.45) is 0. The van der Waals surface area contributed by atoms with Gasteiger partial charge in [-0.2, -0.15) is 0 Å². The summed E-state index contributed by atoms with van der Waals surface area (Å²) in [4.78, 5) is 0. The molecule has 0 saturated carbocycles. The number of halogens is 2. The quantitative estimate of drug-likeness (QED) is 0.425.